The van der Waals surface area contributed by atoms with Crippen LogP contribution in [0.25, 0.3) is 11.1 Å². The van der Waals surface area contributed by atoms with E-state index in [2.05, 4.69) is 25.2 Å². The summed E-state index contributed by atoms with van der Waals surface area (Å²) in [7, 11) is 0. The minimum absolute atomic E-state index is 0.0101. The van der Waals surface area contributed by atoms with Crippen molar-refractivity contribution in [1.82, 2.24) is 15.2 Å². The van der Waals surface area contributed by atoms with Gasteiger partial charge in [0.15, 0.2) is 17.1 Å². The van der Waals surface area contributed by atoms with Crippen molar-refractivity contribution in [3.8, 4) is 5.75 Å². The van der Waals surface area contributed by atoms with Gasteiger partial charge in [0.25, 0.3) is 0 Å². The number of ether oxygens (including phenoxy) is 1. The maximum Gasteiger partial charge on any atom is 0.573 e. The maximum absolute atomic E-state index is 13.5. The SMILES string of the molecule is Fc1cc2nc(Nc3nnco3)oc2cc1OC(F)(F)F. The van der Waals surface area contributed by atoms with Gasteiger partial charge in [-0.25, -0.2) is 4.39 Å². The molecule has 0 aliphatic carbocycles. The average Bonchev–Trinajstić information content (AvgIpc) is 2.97. The number of aromatic nitrogens is 3. The van der Waals surface area contributed by atoms with E-state index in [0.717, 1.165) is 18.5 Å². The molecule has 0 aliphatic heterocycles. The van der Waals surface area contributed by atoms with E-state index in [1.54, 1.807) is 0 Å². The zero-order valence-electron chi connectivity index (χ0n) is 9.81. The van der Waals surface area contributed by atoms with Gasteiger partial charge in [0.2, 0.25) is 6.39 Å². The zero-order valence-corrected chi connectivity index (χ0v) is 9.81. The molecule has 0 bridgehead atoms. The Balaban J connectivity index is 1.94. The van der Waals surface area contributed by atoms with Crippen LogP contribution in [0.2, 0.25) is 0 Å². The second kappa shape index (κ2) is 4.61. The van der Waals surface area contributed by atoms with Crippen molar-refractivity contribution in [3.05, 3.63) is 24.3 Å². The van der Waals surface area contributed by atoms with Gasteiger partial charge in [-0.1, -0.05) is 5.10 Å². The molecule has 110 valence electrons. The van der Waals surface area contributed by atoms with Crippen molar-refractivity contribution >= 4 is 23.1 Å². The van der Waals surface area contributed by atoms with Crippen molar-refractivity contribution < 1.29 is 31.1 Å². The summed E-state index contributed by atoms with van der Waals surface area (Å²) in [6.45, 7) is 0. The number of oxazole rings is 1. The normalized spacial score (nSPS) is 11.8. The number of hydrogen-bond acceptors (Lipinski definition) is 7. The second-order valence-electron chi connectivity index (χ2n) is 3.69. The molecular formula is C10H4F4N4O3. The highest BCUT2D eigenvalue weighted by molar-refractivity contribution is 5.76. The predicted octanol–water partition coefficient (Wildman–Crippen LogP) is 2.99. The number of alkyl halides is 3. The number of nitrogens with zero attached hydrogens (tertiary/aromatic N) is 3. The molecule has 0 radical (unpaired) electrons. The fraction of sp³-hybridized carbons (Fsp3) is 0.100. The molecule has 0 aliphatic rings. The molecule has 11 heteroatoms. The number of halogens is 4. The zero-order chi connectivity index (χ0) is 15.0. The van der Waals surface area contributed by atoms with Crippen molar-refractivity contribution in [2.45, 2.75) is 6.36 Å². The van der Waals surface area contributed by atoms with Crippen LogP contribution in [0.5, 0.6) is 5.75 Å². The number of fused-ring (bicyclic) bond motifs is 1. The van der Waals surface area contributed by atoms with Gasteiger partial charge < -0.3 is 13.6 Å². The Morgan fingerprint density at radius 2 is 2.00 bits per heavy atom. The van der Waals surface area contributed by atoms with E-state index in [9.17, 15) is 17.6 Å². The first-order valence-electron chi connectivity index (χ1n) is 5.30. The largest absolute Gasteiger partial charge is 0.573 e. The van der Waals surface area contributed by atoms with Crippen LogP contribution in [0, 0.1) is 5.82 Å². The van der Waals surface area contributed by atoms with Gasteiger partial charge >= 0.3 is 18.4 Å². The fourth-order valence-electron chi connectivity index (χ4n) is 1.51. The topological polar surface area (TPSA) is 86.2 Å². The molecule has 0 saturated heterocycles. The number of benzene rings is 1. The molecule has 2 aromatic heterocycles. The molecule has 1 aromatic carbocycles. The number of nitrogens with one attached hydrogen (secondary N) is 1. The molecule has 0 amide bonds. The molecule has 2 heterocycles. The lowest BCUT2D eigenvalue weighted by atomic mass is 10.3. The molecule has 3 aromatic rings. The molecule has 7 nitrogen and oxygen atoms in total. The molecule has 0 unspecified atom stereocenters. The summed E-state index contributed by atoms with van der Waals surface area (Å²) < 4.78 is 63.2. The van der Waals surface area contributed by atoms with Crippen LogP contribution in [0.4, 0.5) is 29.6 Å². The van der Waals surface area contributed by atoms with Gasteiger partial charge in [0.1, 0.15) is 5.52 Å². The summed E-state index contributed by atoms with van der Waals surface area (Å²) >= 11 is 0. The number of hydrogen-bond donors (Lipinski definition) is 1. The smallest absolute Gasteiger partial charge is 0.423 e. The van der Waals surface area contributed by atoms with Crippen molar-refractivity contribution in [2.24, 2.45) is 0 Å². The third kappa shape index (κ3) is 2.85. The predicted molar refractivity (Wildman–Crippen MR) is 58.2 cm³/mol. The van der Waals surface area contributed by atoms with Crippen LogP contribution in [-0.2, 0) is 0 Å². The van der Waals surface area contributed by atoms with Gasteiger partial charge in [-0.05, 0) is 0 Å². The third-order valence-electron chi connectivity index (χ3n) is 2.24. The highest BCUT2D eigenvalue weighted by Gasteiger charge is 2.32. The monoisotopic (exact) mass is 304 g/mol. The number of anilines is 2. The lowest BCUT2D eigenvalue weighted by Crippen LogP contribution is -2.17. The summed E-state index contributed by atoms with van der Waals surface area (Å²) in [5.74, 6) is -2.24. The summed E-state index contributed by atoms with van der Waals surface area (Å²) in [6, 6.07) is 1.29. The first kappa shape index (κ1) is 13.1. The third-order valence-corrected chi connectivity index (χ3v) is 2.24. The van der Waals surface area contributed by atoms with Crippen LogP contribution >= 0.6 is 0 Å². The van der Waals surface area contributed by atoms with Gasteiger partial charge in [0, 0.05) is 12.1 Å². The van der Waals surface area contributed by atoms with Gasteiger partial charge in [-0.2, -0.15) is 4.98 Å². The Morgan fingerprint density at radius 1 is 1.19 bits per heavy atom. The molecule has 0 spiro atoms. The average molecular weight is 304 g/mol. The Bertz CT molecular complexity index is 769. The van der Waals surface area contributed by atoms with Crippen molar-refractivity contribution in [2.75, 3.05) is 5.32 Å². The highest BCUT2D eigenvalue weighted by atomic mass is 19.4. The Labute approximate surface area is 112 Å². The minimum atomic E-state index is -5.01. The van der Waals surface area contributed by atoms with Crippen LogP contribution in [0.1, 0.15) is 0 Å². The van der Waals surface area contributed by atoms with Crippen LogP contribution in [0.3, 0.4) is 0 Å². The first-order chi connectivity index (χ1) is 9.90. The van der Waals surface area contributed by atoms with Crippen molar-refractivity contribution in [3.63, 3.8) is 0 Å². The van der Waals surface area contributed by atoms with Crippen LogP contribution in [0.15, 0.2) is 27.4 Å². The molecule has 0 fully saturated rings. The quantitative estimate of drug-likeness (QED) is 0.744. The Kier molecular flexibility index (Phi) is 2.89. The molecule has 0 saturated carbocycles. The lowest BCUT2D eigenvalue weighted by Gasteiger charge is -2.08. The van der Waals surface area contributed by atoms with Crippen LogP contribution < -0.4 is 10.1 Å². The molecular weight excluding hydrogens is 300 g/mol. The molecule has 0 atom stereocenters. The van der Waals surface area contributed by atoms with E-state index in [1.165, 1.54) is 0 Å². The maximum atomic E-state index is 13.5. The van der Waals surface area contributed by atoms with E-state index < -0.39 is 17.9 Å². The standard InChI is InChI=1S/C10H4F4N4O3/c11-4-1-5-7(2-6(4)21-10(12,13)14)20-8(16-5)17-9-18-15-3-19-9/h1-3H,(H,16,17,18). The summed E-state index contributed by atoms with van der Waals surface area (Å²) in [5.41, 5.74) is -0.123. The van der Waals surface area contributed by atoms with E-state index in [0.29, 0.717) is 0 Å². The second-order valence-corrected chi connectivity index (χ2v) is 3.69. The fourth-order valence-corrected chi connectivity index (χ4v) is 1.51. The van der Waals surface area contributed by atoms with Crippen LogP contribution in [-0.4, -0.2) is 21.5 Å². The highest BCUT2D eigenvalue weighted by Crippen LogP contribution is 2.31. The Hall–Kier alpha value is -2.85. The van der Waals surface area contributed by atoms with Gasteiger partial charge in [-0.3, -0.25) is 5.32 Å². The molecule has 3 rings (SSSR count). The van der Waals surface area contributed by atoms with E-state index >= 15 is 0 Å². The van der Waals surface area contributed by atoms with E-state index in [4.69, 9.17) is 8.83 Å². The summed E-state index contributed by atoms with van der Waals surface area (Å²) in [6.07, 6.45) is -3.97. The van der Waals surface area contributed by atoms with E-state index in [-0.39, 0.29) is 23.1 Å². The minimum Gasteiger partial charge on any atom is -0.423 e. The van der Waals surface area contributed by atoms with Crippen molar-refractivity contribution in [1.29, 1.82) is 0 Å². The summed E-state index contributed by atoms with van der Waals surface area (Å²) in [5, 5.41) is 9.33. The van der Waals surface area contributed by atoms with Gasteiger partial charge in [0.05, 0.1) is 0 Å². The number of rotatable bonds is 3. The molecule has 21 heavy (non-hydrogen) atoms. The first-order valence-corrected chi connectivity index (χ1v) is 5.30. The van der Waals surface area contributed by atoms with E-state index in [1.807, 2.05) is 0 Å². The Morgan fingerprint density at radius 3 is 2.67 bits per heavy atom. The van der Waals surface area contributed by atoms with Gasteiger partial charge in [-0.15, -0.1) is 18.3 Å². The lowest BCUT2D eigenvalue weighted by molar-refractivity contribution is -0.275. The summed E-state index contributed by atoms with van der Waals surface area (Å²) in [4.78, 5) is 3.80. The molecule has 1 N–H and O–H groups in total.